The lowest BCUT2D eigenvalue weighted by molar-refractivity contribution is -0.122. The van der Waals surface area contributed by atoms with Gasteiger partial charge in [0.2, 0.25) is 0 Å². The van der Waals surface area contributed by atoms with Crippen molar-refractivity contribution in [3.8, 4) is 5.75 Å². The molecule has 2 N–H and O–H groups in total. The number of carbonyl (C=O) groups excluding carboxylic acids is 1. The number of hydrogen-bond donors (Lipinski definition) is 2. The first-order valence-corrected chi connectivity index (χ1v) is 5.69. The predicted octanol–water partition coefficient (Wildman–Crippen LogP) is 2.12. The van der Waals surface area contributed by atoms with Gasteiger partial charge in [0.1, 0.15) is 11.6 Å². The molecule has 0 aliphatic carbocycles. The van der Waals surface area contributed by atoms with Crippen molar-refractivity contribution in [2.45, 2.75) is 20.0 Å². The van der Waals surface area contributed by atoms with E-state index >= 15 is 0 Å². The third-order valence-corrected chi connectivity index (χ3v) is 2.50. The van der Waals surface area contributed by atoms with E-state index in [1.54, 1.807) is 13.1 Å². The van der Waals surface area contributed by atoms with Crippen molar-refractivity contribution in [1.82, 2.24) is 10.2 Å². The van der Waals surface area contributed by atoms with Gasteiger partial charge in [-0.3, -0.25) is 9.89 Å². The number of para-hydroxylation sites is 1. The number of H-pyrrole nitrogens is 1. The molecule has 0 aliphatic rings. The molecule has 1 amide bonds. The Morgan fingerprint density at radius 2 is 2.11 bits per heavy atom. The number of carbonyl (C=O) groups is 1. The van der Waals surface area contributed by atoms with Gasteiger partial charge in [-0.05, 0) is 26.0 Å². The second-order valence-corrected chi connectivity index (χ2v) is 3.99. The molecule has 5 heteroatoms. The third-order valence-electron chi connectivity index (χ3n) is 2.50. The van der Waals surface area contributed by atoms with Gasteiger partial charge in [0.15, 0.2) is 6.10 Å². The standard InChI is InChI=1S/C13H15N3O2/c1-9-8-14-16-12(9)15-13(17)10(2)18-11-6-4-3-5-7-11/h3-8,10H,1-2H3,(H2,14,15,16,17). The summed E-state index contributed by atoms with van der Waals surface area (Å²) in [4.78, 5) is 11.9. The second-order valence-electron chi connectivity index (χ2n) is 3.99. The Bertz CT molecular complexity index is 522. The first kappa shape index (κ1) is 12.2. The van der Waals surface area contributed by atoms with Crippen LogP contribution in [-0.2, 0) is 4.79 Å². The lowest BCUT2D eigenvalue weighted by Crippen LogP contribution is -2.30. The fraction of sp³-hybridized carbons (Fsp3) is 0.231. The van der Waals surface area contributed by atoms with Crippen LogP contribution in [0.4, 0.5) is 5.82 Å². The highest BCUT2D eigenvalue weighted by atomic mass is 16.5. The molecule has 0 aliphatic heterocycles. The fourth-order valence-corrected chi connectivity index (χ4v) is 1.45. The smallest absolute Gasteiger partial charge is 0.266 e. The fourth-order valence-electron chi connectivity index (χ4n) is 1.45. The number of hydrogen-bond acceptors (Lipinski definition) is 3. The van der Waals surface area contributed by atoms with Crippen LogP contribution < -0.4 is 10.1 Å². The number of amides is 1. The molecule has 1 atom stereocenters. The highest BCUT2D eigenvalue weighted by Gasteiger charge is 2.16. The topological polar surface area (TPSA) is 67.0 Å². The summed E-state index contributed by atoms with van der Waals surface area (Å²) in [6.45, 7) is 3.57. The first-order chi connectivity index (χ1) is 8.66. The van der Waals surface area contributed by atoms with Crippen LogP contribution in [0, 0.1) is 6.92 Å². The number of anilines is 1. The van der Waals surface area contributed by atoms with Crippen LogP contribution in [0.15, 0.2) is 36.5 Å². The number of ether oxygens (including phenoxy) is 1. The molecule has 0 spiro atoms. The summed E-state index contributed by atoms with van der Waals surface area (Å²) in [6, 6.07) is 9.24. The highest BCUT2D eigenvalue weighted by Crippen LogP contribution is 2.13. The molecular weight excluding hydrogens is 230 g/mol. The Kier molecular flexibility index (Phi) is 3.62. The number of aryl methyl sites for hydroxylation is 1. The van der Waals surface area contributed by atoms with E-state index < -0.39 is 6.10 Å². The maximum absolute atomic E-state index is 11.9. The largest absolute Gasteiger partial charge is 0.481 e. The summed E-state index contributed by atoms with van der Waals surface area (Å²) in [7, 11) is 0. The summed E-state index contributed by atoms with van der Waals surface area (Å²) >= 11 is 0. The zero-order chi connectivity index (χ0) is 13.0. The molecule has 1 aromatic heterocycles. The Morgan fingerprint density at radius 3 is 2.72 bits per heavy atom. The van der Waals surface area contributed by atoms with Crippen LogP contribution >= 0.6 is 0 Å². The average Bonchev–Trinajstić information content (AvgIpc) is 2.76. The van der Waals surface area contributed by atoms with E-state index in [4.69, 9.17) is 4.74 Å². The number of aromatic amines is 1. The Balaban J connectivity index is 1.95. The van der Waals surface area contributed by atoms with Crippen molar-refractivity contribution in [1.29, 1.82) is 0 Å². The van der Waals surface area contributed by atoms with Gasteiger partial charge >= 0.3 is 0 Å². The number of nitrogens with one attached hydrogen (secondary N) is 2. The average molecular weight is 245 g/mol. The minimum absolute atomic E-state index is 0.216. The molecule has 0 radical (unpaired) electrons. The molecule has 0 fully saturated rings. The molecule has 94 valence electrons. The minimum atomic E-state index is -0.574. The van der Waals surface area contributed by atoms with Crippen LogP contribution in [0.1, 0.15) is 12.5 Å². The van der Waals surface area contributed by atoms with Gasteiger partial charge in [0, 0.05) is 5.56 Å². The number of aromatic nitrogens is 2. The van der Waals surface area contributed by atoms with E-state index in [9.17, 15) is 4.79 Å². The Hall–Kier alpha value is -2.30. The zero-order valence-corrected chi connectivity index (χ0v) is 10.3. The van der Waals surface area contributed by atoms with Crippen LogP contribution in [0.3, 0.4) is 0 Å². The van der Waals surface area contributed by atoms with E-state index in [0.717, 1.165) is 5.56 Å². The van der Waals surface area contributed by atoms with Gasteiger partial charge in [-0.25, -0.2) is 0 Å². The Labute approximate surface area is 105 Å². The third kappa shape index (κ3) is 2.88. The molecular formula is C13H15N3O2. The zero-order valence-electron chi connectivity index (χ0n) is 10.3. The molecule has 1 heterocycles. The van der Waals surface area contributed by atoms with Gasteiger partial charge in [-0.15, -0.1) is 0 Å². The Morgan fingerprint density at radius 1 is 1.39 bits per heavy atom. The highest BCUT2D eigenvalue weighted by molar-refractivity contribution is 5.93. The summed E-state index contributed by atoms with van der Waals surface area (Å²) in [5.74, 6) is 1.05. The molecule has 18 heavy (non-hydrogen) atoms. The van der Waals surface area contributed by atoms with E-state index in [2.05, 4.69) is 15.5 Å². The molecule has 0 saturated heterocycles. The van der Waals surface area contributed by atoms with Crippen LogP contribution in [0.25, 0.3) is 0 Å². The van der Waals surface area contributed by atoms with Crippen molar-refractivity contribution in [3.05, 3.63) is 42.1 Å². The van der Waals surface area contributed by atoms with E-state index in [1.165, 1.54) is 0 Å². The van der Waals surface area contributed by atoms with Crippen molar-refractivity contribution in [2.24, 2.45) is 0 Å². The number of nitrogens with zero attached hydrogens (tertiary/aromatic N) is 1. The summed E-state index contributed by atoms with van der Waals surface area (Å²) < 4.78 is 5.52. The second kappa shape index (κ2) is 5.35. The van der Waals surface area contributed by atoms with Crippen molar-refractivity contribution in [2.75, 3.05) is 5.32 Å². The summed E-state index contributed by atoms with van der Waals surface area (Å²) in [5, 5.41) is 9.28. The van der Waals surface area contributed by atoms with Crippen molar-refractivity contribution < 1.29 is 9.53 Å². The SMILES string of the molecule is Cc1cn[nH]c1NC(=O)C(C)Oc1ccccc1. The number of benzene rings is 1. The van der Waals surface area contributed by atoms with Gasteiger partial charge in [-0.1, -0.05) is 18.2 Å². The van der Waals surface area contributed by atoms with Crippen LogP contribution in [0.5, 0.6) is 5.75 Å². The molecule has 2 rings (SSSR count). The normalized spacial score (nSPS) is 11.9. The monoisotopic (exact) mass is 245 g/mol. The molecule has 1 aromatic carbocycles. The van der Waals surface area contributed by atoms with Gasteiger partial charge < -0.3 is 10.1 Å². The van der Waals surface area contributed by atoms with Crippen molar-refractivity contribution in [3.63, 3.8) is 0 Å². The minimum Gasteiger partial charge on any atom is -0.481 e. The van der Waals surface area contributed by atoms with E-state index in [0.29, 0.717) is 11.6 Å². The lowest BCUT2D eigenvalue weighted by Gasteiger charge is -2.14. The first-order valence-electron chi connectivity index (χ1n) is 5.69. The van der Waals surface area contributed by atoms with Gasteiger partial charge in [-0.2, -0.15) is 5.10 Å². The van der Waals surface area contributed by atoms with Gasteiger partial charge in [0.05, 0.1) is 6.20 Å². The molecule has 2 aromatic rings. The summed E-state index contributed by atoms with van der Waals surface area (Å²) in [6.07, 6.45) is 1.08. The maximum Gasteiger partial charge on any atom is 0.266 e. The molecule has 1 unspecified atom stereocenters. The molecule has 0 bridgehead atoms. The van der Waals surface area contributed by atoms with Gasteiger partial charge in [0.25, 0.3) is 5.91 Å². The van der Waals surface area contributed by atoms with Crippen LogP contribution in [-0.4, -0.2) is 22.2 Å². The van der Waals surface area contributed by atoms with Crippen LogP contribution in [0.2, 0.25) is 0 Å². The molecule has 5 nitrogen and oxygen atoms in total. The number of rotatable bonds is 4. The van der Waals surface area contributed by atoms with Crippen molar-refractivity contribution >= 4 is 11.7 Å². The lowest BCUT2D eigenvalue weighted by atomic mass is 10.3. The quantitative estimate of drug-likeness (QED) is 0.867. The van der Waals surface area contributed by atoms with E-state index in [-0.39, 0.29) is 5.91 Å². The van der Waals surface area contributed by atoms with E-state index in [1.807, 2.05) is 37.3 Å². The molecule has 0 saturated carbocycles. The predicted molar refractivity (Wildman–Crippen MR) is 68.5 cm³/mol. The maximum atomic E-state index is 11.9. The summed E-state index contributed by atoms with van der Waals surface area (Å²) in [5.41, 5.74) is 0.885.